The molecule has 4 aromatic carbocycles. The van der Waals surface area contributed by atoms with Gasteiger partial charge in [0.25, 0.3) is 5.91 Å². The minimum Gasteiger partial charge on any atom is -0.453 e. The quantitative estimate of drug-likeness (QED) is 0.0845. The number of rotatable bonds is 13. The minimum absolute atomic E-state index is 0.0701. The van der Waals surface area contributed by atoms with E-state index < -0.39 is 24.3 Å². The van der Waals surface area contributed by atoms with Crippen LogP contribution in [0.15, 0.2) is 110 Å². The van der Waals surface area contributed by atoms with Gasteiger partial charge in [0.05, 0.1) is 62.5 Å². The molecule has 0 fully saturated rings. The zero-order chi connectivity index (χ0) is 44.8. The number of hydrogen-bond donors (Lipinski definition) is 4. The first-order valence-corrected chi connectivity index (χ1v) is 20.4. The van der Waals surface area contributed by atoms with Gasteiger partial charge in [0.15, 0.2) is 0 Å². The van der Waals surface area contributed by atoms with Gasteiger partial charge < -0.3 is 39.9 Å². The number of para-hydroxylation sites is 2. The van der Waals surface area contributed by atoms with Crippen molar-refractivity contribution < 1.29 is 28.7 Å². The number of hydrogen-bond acceptors (Lipinski definition) is 8. The lowest BCUT2D eigenvalue weighted by atomic mass is 9.85. The van der Waals surface area contributed by atoms with Gasteiger partial charge in [-0.15, -0.1) is 6.42 Å². The van der Waals surface area contributed by atoms with Crippen LogP contribution >= 0.6 is 0 Å². The van der Waals surface area contributed by atoms with Crippen molar-refractivity contribution in [3.8, 4) is 46.0 Å². The third-order valence-electron chi connectivity index (χ3n) is 11.2. The predicted molar refractivity (Wildman–Crippen MR) is 242 cm³/mol. The Morgan fingerprint density at radius 2 is 1.44 bits per heavy atom. The Balaban J connectivity index is 1.06. The molecule has 14 nitrogen and oxygen atoms in total. The molecule has 0 aliphatic carbocycles. The van der Waals surface area contributed by atoms with Crippen molar-refractivity contribution in [2.24, 2.45) is 5.92 Å². The normalized spacial score (nSPS) is 14.9. The van der Waals surface area contributed by atoms with Crippen molar-refractivity contribution in [2.75, 3.05) is 24.0 Å². The Kier molecular flexibility index (Phi) is 12.9. The Labute approximate surface area is 365 Å². The maximum atomic E-state index is 14.1. The van der Waals surface area contributed by atoms with Crippen LogP contribution in [0.25, 0.3) is 39.7 Å². The fourth-order valence-electron chi connectivity index (χ4n) is 7.77. The highest BCUT2D eigenvalue weighted by atomic mass is 16.5. The second-order valence-corrected chi connectivity index (χ2v) is 15.4. The largest absolute Gasteiger partial charge is 0.453 e. The van der Waals surface area contributed by atoms with Crippen LogP contribution < -0.4 is 20.4 Å². The van der Waals surface area contributed by atoms with E-state index in [-0.39, 0.29) is 36.7 Å². The minimum atomic E-state index is -0.880. The summed E-state index contributed by atoms with van der Waals surface area (Å²) in [5, 5.41) is 5.38. The molecule has 6 aromatic rings. The van der Waals surface area contributed by atoms with Gasteiger partial charge in [-0.25, -0.2) is 19.6 Å². The van der Waals surface area contributed by atoms with E-state index in [0.29, 0.717) is 22.9 Å². The van der Waals surface area contributed by atoms with Crippen molar-refractivity contribution in [3.05, 3.63) is 138 Å². The number of carbonyl (C=O) groups is 4. The highest BCUT2D eigenvalue weighted by molar-refractivity contribution is 6.04. The lowest BCUT2D eigenvalue weighted by molar-refractivity contribution is -0.122. The average Bonchev–Trinajstić information content (AvgIpc) is 3.99. The van der Waals surface area contributed by atoms with E-state index in [4.69, 9.17) is 15.9 Å². The number of carbonyl (C=O) groups excluding carboxylic acids is 4. The van der Waals surface area contributed by atoms with Gasteiger partial charge in [-0.2, -0.15) is 0 Å². The molecule has 1 aliphatic heterocycles. The molecule has 0 saturated carbocycles. The fourth-order valence-corrected chi connectivity index (χ4v) is 7.77. The first-order chi connectivity index (χ1) is 30.4. The molecule has 4 N–H and O–H groups in total. The van der Waals surface area contributed by atoms with Gasteiger partial charge >= 0.3 is 12.2 Å². The van der Waals surface area contributed by atoms with Gasteiger partial charge in [0.1, 0.15) is 23.7 Å². The number of nitrogens with one attached hydrogen (secondary N) is 4. The van der Waals surface area contributed by atoms with E-state index >= 15 is 0 Å². The Morgan fingerprint density at radius 3 is 2.03 bits per heavy atom. The van der Waals surface area contributed by atoms with Crippen LogP contribution in [0, 0.1) is 18.3 Å². The van der Waals surface area contributed by atoms with Gasteiger partial charge in [-0.1, -0.05) is 118 Å². The predicted octanol–water partition coefficient (Wildman–Crippen LogP) is 8.05. The summed E-state index contributed by atoms with van der Waals surface area (Å²) in [6.07, 6.45) is 9.62. The second kappa shape index (κ2) is 18.8. The van der Waals surface area contributed by atoms with Crippen LogP contribution in [0.4, 0.5) is 21.0 Å². The van der Waals surface area contributed by atoms with Gasteiger partial charge in [-0.05, 0) is 51.4 Å². The molecule has 63 heavy (non-hydrogen) atoms. The van der Waals surface area contributed by atoms with E-state index in [0.717, 1.165) is 50.5 Å². The van der Waals surface area contributed by atoms with E-state index in [1.54, 1.807) is 47.6 Å². The molecule has 2 aromatic heterocycles. The Bertz CT molecular complexity index is 2690. The molecule has 320 valence electrons. The molecule has 3 heterocycles. The molecule has 7 rings (SSSR count). The lowest BCUT2D eigenvalue weighted by Crippen LogP contribution is -2.54. The van der Waals surface area contributed by atoms with Crippen molar-refractivity contribution in [3.63, 3.8) is 0 Å². The van der Waals surface area contributed by atoms with Crippen LogP contribution in [-0.2, 0) is 32.2 Å². The molecule has 4 amide bonds. The molecule has 0 radical (unpaired) electrons. The molecule has 0 spiro atoms. The number of terminal acetylenes is 1. The molecular weight excluding hydrogens is 797 g/mol. The van der Waals surface area contributed by atoms with Crippen LogP contribution in [0.1, 0.15) is 55.0 Å². The third kappa shape index (κ3) is 9.08. The number of H-pyrrole nitrogens is 2. The number of nitrogens with zero attached hydrogens (tertiary/aromatic N) is 4. The number of aromatic nitrogens is 4. The highest BCUT2D eigenvalue weighted by Gasteiger charge is 2.40. The zero-order valence-corrected chi connectivity index (χ0v) is 35.6. The summed E-state index contributed by atoms with van der Waals surface area (Å²) in [7, 11) is 2.52. The van der Waals surface area contributed by atoms with Gasteiger partial charge in [-0.3, -0.25) is 9.59 Å². The number of fused-ring (bicyclic) bond motifs is 1. The molecular formula is C49H48N8O6. The fraction of sp³-hybridized carbons (Fsp3) is 0.224. The Morgan fingerprint density at radius 1 is 0.857 bits per heavy atom. The summed E-state index contributed by atoms with van der Waals surface area (Å²) in [4.78, 5) is 71.5. The number of ether oxygens (including phenoxy) is 2. The molecule has 1 aliphatic rings. The summed E-state index contributed by atoms with van der Waals surface area (Å²) in [6, 6.07) is 27.3. The van der Waals surface area contributed by atoms with Crippen LogP contribution in [0.2, 0.25) is 0 Å². The SMILES string of the molecule is C#Cc1ccccc1N(Cc1ncc(-c2ccc(-c3ccc(-c4cnc(CN5C(=O)[C@@H](NC(=O)OC)C(C)c6cccc(C=C)c65)[nH]4)cc3)cc2)[nH]1)C(=O)[C@@H](NC(=O)OC)C(C)C. The number of alkyl carbamates (subject to hydrolysis) is 2. The third-order valence-corrected chi connectivity index (χ3v) is 11.2. The summed E-state index contributed by atoms with van der Waals surface area (Å²) in [5.41, 5.74) is 8.84. The molecule has 0 saturated heterocycles. The maximum Gasteiger partial charge on any atom is 0.407 e. The van der Waals surface area contributed by atoms with Crippen LogP contribution in [-0.4, -0.2) is 70.2 Å². The van der Waals surface area contributed by atoms with E-state index in [2.05, 4.69) is 43.1 Å². The number of anilines is 2. The number of imidazole rings is 2. The number of amides is 4. The lowest BCUT2D eigenvalue weighted by Gasteiger charge is -2.38. The topological polar surface area (TPSA) is 175 Å². The number of benzene rings is 4. The second-order valence-electron chi connectivity index (χ2n) is 15.4. The molecule has 14 heteroatoms. The monoisotopic (exact) mass is 844 g/mol. The van der Waals surface area contributed by atoms with Crippen molar-refractivity contribution in [2.45, 2.75) is 51.9 Å². The summed E-state index contributed by atoms with van der Waals surface area (Å²) >= 11 is 0. The molecule has 0 bridgehead atoms. The van der Waals surface area contributed by atoms with Crippen molar-refractivity contribution in [1.82, 2.24) is 30.6 Å². The maximum absolute atomic E-state index is 14.1. The molecule has 1 unspecified atom stereocenters. The van der Waals surface area contributed by atoms with Crippen LogP contribution in [0.3, 0.4) is 0 Å². The molecule has 3 atom stereocenters. The number of methoxy groups -OCH3 is 2. The smallest absolute Gasteiger partial charge is 0.407 e. The van der Waals surface area contributed by atoms with Gasteiger partial charge in [0, 0.05) is 11.5 Å². The summed E-state index contributed by atoms with van der Waals surface area (Å²) in [5.74, 6) is 2.58. The van der Waals surface area contributed by atoms with Gasteiger partial charge in [0.2, 0.25) is 5.91 Å². The zero-order valence-electron chi connectivity index (χ0n) is 35.6. The first-order valence-electron chi connectivity index (χ1n) is 20.4. The average molecular weight is 845 g/mol. The highest BCUT2D eigenvalue weighted by Crippen LogP contribution is 2.40. The summed E-state index contributed by atoms with van der Waals surface area (Å²) < 4.78 is 9.62. The van der Waals surface area contributed by atoms with Crippen molar-refractivity contribution >= 4 is 41.5 Å². The van der Waals surface area contributed by atoms with E-state index in [1.165, 1.54) is 19.1 Å². The summed E-state index contributed by atoms with van der Waals surface area (Å²) in [6.45, 7) is 9.77. The van der Waals surface area contributed by atoms with Crippen molar-refractivity contribution in [1.29, 1.82) is 0 Å². The first kappa shape index (κ1) is 43.2. The Hall–Kier alpha value is -7.92. The van der Waals surface area contributed by atoms with E-state index in [1.807, 2.05) is 87.5 Å². The standard InChI is InChI=1S/C49H48N8O6/c1-8-31-13-10-11-16-40(31)56(46(58)43(29(3)4)54-48(60)62-6)27-41-50-25-38(52-41)35-21-17-33(18-22-35)34-19-23-36(24-20-34)39-26-51-42(53-39)28-57-45-32(9-2)14-12-15-37(45)30(5)44(47(57)59)55-49(61)63-7/h1,9-26,29-30,43-44H,2,27-28H2,3-7H3,(H,50,52)(H,51,53)(H,54,60)(H,55,61)/t30?,43-,44-/m0/s1. The van der Waals surface area contributed by atoms with Crippen LogP contribution in [0.5, 0.6) is 0 Å². The van der Waals surface area contributed by atoms with E-state index in [9.17, 15) is 19.2 Å². The number of aromatic amines is 2.